The van der Waals surface area contributed by atoms with Gasteiger partial charge in [-0.25, -0.2) is 0 Å². The third-order valence-corrected chi connectivity index (χ3v) is 4.40. The van der Waals surface area contributed by atoms with Gasteiger partial charge in [-0.2, -0.15) is 11.3 Å². The van der Waals surface area contributed by atoms with Crippen molar-refractivity contribution in [3.63, 3.8) is 0 Å². The van der Waals surface area contributed by atoms with Gasteiger partial charge in [0.15, 0.2) is 0 Å². The minimum absolute atomic E-state index is 0.0612. The molecule has 1 heterocycles. The highest BCUT2D eigenvalue weighted by atomic mass is 35.5. The molecular weight excluding hydrogens is 299 g/mol. The summed E-state index contributed by atoms with van der Waals surface area (Å²) in [4.78, 5) is 2.19. The Kier molecular flexibility index (Phi) is 5.25. The fourth-order valence-electron chi connectivity index (χ4n) is 2.10. The van der Waals surface area contributed by atoms with Gasteiger partial charge in [-0.3, -0.25) is 4.90 Å². The molecule has 2 rings (SSSR count). The van der Waals surface area contributed by atoms with Gasteiger partial charge in [0.25, 0.3) is 0 Å². The average Bonchev–Trinajstić information content (AvgIpc) is 2.87. The van der Waals surface area contributed by atoms with E-state index in [0.29, 0.717) is 16.6 Å². The number of nitrogens with two attached hydrogens (primary N) is 1. The summed E-state index contributed by atoms with van der Waals surface area (Å²) in [5.74, 6) is 0. The Morgan fingerprint density at radius 1 is 1.32 bits per heavy atom. The lowest BCUT2D eigenvalue weighted by atomic mass is 10.1. The Bertz CT molecular complexity index is 528. The highest BCUT2D eigenvalue weighted by Crippen LogP contribution is 2.29. The number of hydrogen-bond donors (Lipinski definition) is 1. The Morgan fingerprint density at radius 2 is 2.11 bits per heavy atom. The molecule has 0 saturated heterocycles. The number of hydrogen-bond acceptors (Lipinski definition) is 3. The van der Waals surface area contributed by atoms with Gasteiger partial charge < -0.3 is 5.73 Å². The summed E-state index contributed by atoms with van der Waals surface area (Å²) in [5, 5.41) is 5.61. The molecule has 0 amide bonds. The van der Waals surface area contributed by atoms with Crippen molar-refractivity contribution in [2.24, 2.45) is 5.73 Å². The van der Waals surface area contributed by atoms with Gasteiger partial charge in [-0.1, -0.05) is 23.2 Å². The highest BCUT2D eigenvalue weighted by molar-refractivity contribution is 7.07. The molecule has 2 nitrogen and oxygen atoms in total. The lowest BCUT2D eigenvalue weighted by Gasteiger charge is -2.28. The van der Waals surface area contributed by atoms with Crippen LogP contribution in [0.1, 0.15) is 17.2 Å². The maximum Gasteiger partial charge on any atom is 0.0486 e. The van der Waals surface area contributed by atoms with Crippen LogP contribution in [0.4, 0.5) is 0 Å². The summed E-state index contributed by atoms with van der Waals surface area (Å²) in [6.45, 7) is 1.34. The third-order valence-electron chi connectivity index (χ3n) is 3.08. The Balaban J connectivity index is 2.21. The molecule has 0 radical (unpaired) electrons. The van der Waals surface area contributed by atoms with Crippen LogP contribution in [0, 0.1) is 0 Å². The molecule has 1 atom stereocenters. The van der Waals surface area contributed by atoms with E-state index in [-0.39, 0.29) is 6.04 Å². The molecule has 0 spiro atoms. The van der Waals surface area contributed by atoms with Crippen LogP contribution in [-0.4, -0.2) is 18.5 Å². The van der Waals surface area contributed by atoms with Crippen LogP contribution in [-0.2, 0) is 6.54 Å². The van der Waals surface area contributed by atoms with E-state index >= 15 is 0 Å². The van der Waals surface area contributed by atoms with Crippen molar-refractivity contribution in [3.8, 4) is 0 Å². The lowest BCUT2D eigenvalue weighted by Crippen LogP contribution is -2.30. The Labute approximate surface area is 127 Å². The summed E-state index contributed by atoms with van der Waals surface area (Å²) in [7, 11) is 2.05. The summed E-state index contributed by atoms with van der Waals surface area (Å²) >= 11 is 14.0. The van der Waals surface area contributed by atoms with Gasteiger partial charge in [0.1, 0.15) is 0 Å². The Morgan fingerprint density at radius 3 is 2.74 bits per heavy atom. The van der Waals surface area contributed by atoms with Crippen molar-refractivity contribution < 1.29 is 0 Å². The minimum atomic E-state index is 0.0612. The van der Waals surface area contributed by atoms with E-state index in [1.54, 1.807) is 17.4 Å². The topological polar surface area (TPSA) is 29.3 Å². The molecule has 1 aromatic heterocycles. The van der Waals surface area contributed by atoms with Gasteiger partial charge in [-0.15, -0.1) is 0 Å². The first-order valence-electron chi connectivity index (χ1n) is 5.98. The van der Waals surface area contributed by atoms with Crippen LogP contribution in [0.3, 0.4) is 0 Å². The molecule has 0 saturated carbocycles. The van der Waals surface area contributed by atoms with Gasteiger partial charge in [0.2, 0.25) is 0 Å². The second-order valence-corrected chi connectivity index (χ2v) is 6.09. The zero-order chi connectivity index (χ0) is 13.8. The van der Waals surface area contributed by atoms with E-state index < -0.39 is 0 Å². The number of nitrogens with zero attached hydrogens (tertiary/aromatic N) is 1. The number of halogens is 2. The Hall–Kier alpha value is -0.580. The molecule has 2 aromatic rings. The smallest absolute Gasteiger partial charge is 0.0486 e. The molecule has 0 bridgehead atoms. The normalized spacial score (nSPS) is 12.9. The monoisotopic (exact) mass is 314 g/mol. The molecule has 2 N–H and O–H groups in total. The predicted octanol–water partition coefficient (Wildman–Crippen LogP) is 4.19. The molecule has 0 fully saturated rings. The quantitative estimate of drug-likeness (QED) is 0.896. The standard InChI is InChI=1S/C14H16Cl2N2S/c1-18(8-10-4-5-19-9-10)14(7-17)12-6-11(15)2-3-13(12)16/h2-6,9,14H,7-8,17H2,1H3. The zero-order valence-corrected chi connectivity index (χ0v) is 13.0. The maximum absolute atomic E-state index is 6.26. The van der Waals surface area contributed by atoms with Crippen molar-refractivity contribution in [1.82, 2.24) is 4.90 Å². The number of thiophene rings is 1. The van der Waals surface area contributed by atoms with Crippen molar-refractivity contribution in [3.05, 3.63) is 56.2 Å². The van der Waals surface area contributed by atoms with Gasteiger partial charge in [-0.05, 0) is 53.2 Å². The van der Waals surface area contributed by atoms with Crippen molar-refractivity contribution in [2.45, 2.75) is 12.6 Å². The van der Waals surface area contributed by atoms with Crippen LogP contribution >= 0.6 is 34.5 Å². The average molecular weight is 315 g/mol. The van der Waals surface area contributed by atoms with E-state index in [4.69, 9.17) is 28.9 Å². The maximum atomic E-state index is 6.26. The molecule has 19 heavy (non-hydrogen) atoms. The van der Waals surface area contributed by atoms with Crippen molar-refractivity contribution >= 4 is 34.5 Å². The SMILES string of the molecule is CN(Cc1ccsc1)C(CN)c1cc(Cl)ccc1Cl. The van der Waals surface area contributed by atoms with Crippen molar-refractivity contribution in [2.75, 3.05) is 13.6 Å². The van der Waals surface area contributed by atoms with E-state index in [1.165, 1.54) is 5.56 Å². The van der Waals surface area contributed by atoms with Crippen LogP contribution in [0.15, 0.2) is 35.0 Å². The molecule has 1 unspecified atom stereocenters. The molecule has 5 heteroatoms. The first-order chi connectivity index (χ1) is 9.11. The van der Waals surface area contributed by atoms with Gasteiger partial charge >= 0.3 is 0 Å². The van der Waals surface area contributed by atoms with Crippen molar-refractivity contribution in [1.29, 1.82) is 0 Å². The third kappa shape index (κ3) is 3.71. The fourth-order valence-corrected chi connectivity index (χ4v) is 3.18. The van der Waals surface area contributed by atoms with E-state index in [2.05, 4.69) is 21.7 Å². The first kappa shape index (κ1) is 14.8. The highest BCUT2D eigenvalue weighted by Gasteiger charge is 2.18. The summed E-state index contributed by atoms with van der Waals surface area (Å²) in [6, 6.07) is 7.69. The second kappa shape index (κ2) is 6.73. The number of rotatable bonds is 5. The van der Waals surface area contributed by atoms with Crippen LogP contribution in [0.25, 0.3) is 0 Å². The lowest BCUT2D eigenvalue weighted by molar-refractivity contribution is 0.242. The van der Waals surface area contributed by atoms with Crippen LogP contribution in [0.2, 0.25) is 10.0 Å². The van der Waals surface area contributed by atoms with Crippen LogP contribution < -0.4 is 5.73 Å². The van der Waals surface area contributed by atoms with Crippen LogP contribution in [0.5, 0.6) is 0 Å². The molecule has 102 valence electrons. The van der Waals surface area contributed by atoms with Gasteiger partial charge in [0.05, 0.1) is 0 Å². The zero-order valence-electron chi connectivity index (χ0n) is 10.6. The largest absolute Gasteiger partial charge is 0.329 e. The minimum Gasteiger partial charge on any atom is -0.329 e. The number of benzene rings is 1. The summed E-state index contributed by atoms with van der Waals surface area (Å²) < 4.78 is 0. The van der Waals surface area contributed by atoms with Gasteiger partial charge in [0, 0.05) is 29.2 Å². The molecular formula is C14H16Cl2N2S. The van der Waals surface area contributed by atoms with E-state index in [0.717, 1.165) is 12.1 Å². The summed E-state index contributed by atoms with van der Waals surface area (Å²) in [5.41, 5.74) is 8.18. The fraction of sp³-hybridized carbons (Fsp3) is 0.286. The van der Waals surface area contributed by atoms with E-state index in [1.807, 2.05) is 19.2 Å². The number of likely N-dealkylation sites (N-methyl/N-ethyl adjacent to an activating group) is 1. The molecule has 0 aliphatic carbocycles. The molecule has 0 aliphatic rings. The molecule has 1 aromatic carbocycles. The second-order valence-electron chi connectivity index (χ2n) is 4.46. The predicted molar refractivity (Wildman–Crippen MR) is 84.0 cm³/mol. The van der Waals surface area contributed by atoms with E-state index in [9.17, 15) is 0 Å². The summed E-state index contributed by atoms with van der Waals surface area (Å²) in [6.07, 6.45) is 0. The first-order valence-corrected chi connectivity index (χ1v) is 7.68. The molecule has 0 aliphatic heterocycles.